The summed E-state index contributed by atoms with van der Waals surface area (Å²) in [5.74, 6) is 0. The first-order chi connectivity index (χ1) is 7.18. The van der Waals surface area contributed by atoms with Crippen molar-refractivity contribution in [3.8, 4) is 0 Å². The van der Waals surface area contributed by atoms with E-state index in [4.69, 9.17) is 0 Å². The van der Waals surface area contributed by atoms with Crippen molar-refractivity contribution in [3.05, 3.63) is 0 Å². The topological polar surface area (TPSA) is 3.24 Å². The van der Waals surface area contributed by atoms with Gasteiger partial charge in [-0.15, -0.1) is 11.8 Å². The van der Waals surface area contributed by atoms with Gasteiger partial charge in [0.05, 0.1) is 5.37 Å². The summed E-state index contributed by atoms with van der Waals surface area (Å²) < 4.78 is 0. The molecule has 0 aromatic carbocycles. The number of hydrogen-bond acceptors (Lipinski definition) is 2. The van der Waals surface area contributed by atoms with E-state index in [1.165, 1.54) is 45.1 Å². The van der Waals surface area contributed by atoms with Gasteiger partial charge >= 0.3 is 0 Å². The van der Waals surface area contributed by atoms with Gasteiger partial charge in [-0.1, -0.05) is 26.7 Å². The van der Waals surface area contributed by atoms with Crippen molar-refractivity contribution >= 4 is 11.8 Å². The molecule has 86 valence electrons. The molecule has 1 nitrogen and oxygen atoms in total. The lowest BCUT2D eigenvalue weighted by Crippen LogP contribution is -2.49. The van der Waals surface area contributed by atoms with Gasteiger partial charge in [0.25, 0.3) is 0 Å². The molecular weight excluding hydrogens is 202 g/mol. The van der Waals surface area contributed by atoms with Crippen molar-refractivity contribution < 1.29 is 0 Å². The number of thioether (sulfide) groups is 1. The molecule has 3 atom stereocenters. The van der Waals surface area contributed by atoms with E-state index in [1.54, 1.807) is 0 Å². The molecule has 2 saturated heterocycles. The van der Waals surface area contributed by atoms with E-state index in [-0.39, 0.29) is 0 Å². The lowest BCUT2D eigenvalue weighted by molar-refractivity contribution is 0.0607. The van der Waals surface area contributed by atoms with Gasteiger partial charge in [-0.3, -0.25) is 4.90 Å². The molecule has 2 heteroatoms. The minimum Gasteiger partial charge on any atom is -0.287 e. The van der Waals surface area contributed by atoms with Crippen LogP contribution < -0.4 is 0 Å². The third-order valence-electron chi connectivity index (χ3n) is 4.60. The monoisotopic (exact) mass is 225 g/mol. The van der Waals surface area contributed by atoms with Gasteiger partial charge in [-0.05, 0) is 37.6 Å². The zero-order valence-corrected chi connectivity index (χ0v) is 10.9. The molecule has 0 amide bonds. The summed E-state index contributed by atoms with van der Waals surface area (Å²) in [7, 11) is 0. The van der Waals surface area contributed by atoms with Crippen LogP contribution in [-0.2, 0) is 0 Å². The molecule has 3 fully saturated rings. The molecule has 3 rings (SSSR count). The van der Waals surface area contributed by atoms with Crippen LogP contribution in [0.2, 0.25) is 0 Å². The molecule has 3 unspecified atom stereocenters. The zero-order valence-electron chi connectivity index (χ0n) is 10.0. The van der Waals surface area contributed by atoms with E-state index in [2.05, 4.69) is 30.5 Å². The molecule has 0 N–H and O–H groups in total. The quantitative estimate of drug-likeness (QED) is 0.621. The van der Waals surface area contributed by atoms with Crippen molar-refractivity contribution in [1.29, 1.82) is 0 Å². The fourth-order valence-corrected chi connectivity index (χ4v) is 5.80. The maximum absolute atomic E-state index is 2.86. The summed E-state index contributed by atoms with van der Waals surface area (Å²) in [5, 5.41) is 1.81. The average Bonchev–Trinajstić information content (AvgIpc) is 2.58. The van der Waals surface area contributed by atoms with Gasteiger partial charge in [0.2, 0.25) is 0 Å². The third kappa shape index (κ3) is 1.64. The second kappa shape index (κ2) is 3.66. The molecule has 2 aliphatic heterocycles. The third-order valence-corrected chi connectivity index (χ3v) is 6.67. The van der Waals surface area contributed by atoms with Gasteiger partial charge in [0, 0.05) is 11.3 Å². The Kier molecular flexibility index (Phi) is 2.55. The highest BCUT2D eigenvalue weighted by molar-refractivity contribution is 8.00. The highest BCUT2D eigenvalue weighted by Crippen LogP contribution is 2.52. The molecule has 0 aromatic heterocycles. The summed E-state index contributed by atoms with van der Waals surface area (Å²) in [6.07, 6.45) is 8.77. The van der Waals surface area contributed by atoms with Crippen LogP contribution in [-0.4, -0.2) is 28.1 Å². The Balaban J connectivity index is 1.83. The molecular formula is C13H23NS. The molecule has 0 aromatic rings. The van der Waals surface area contributed by atoms with Gasteiger partial charge in [-0.2, -0.15) is 0 Å². The first kappa shape index (κ1) is 10.5. The SMILES string of the molecule is CC1(C)CCCN2C3CCCCC3SC21. The van der Waals surface area contributed by atoms with E-state index in [0.29, 0.717) is 5.41 Å². The van der Waals surface area contributed by atoms with Crippen LogP contribution in [0.3, 0.4) is 0 Å². The van der Waals surface area contributed by atoms with Crippen LogP contribution in [0.5, 0.6) is 0 Å². The molecule has 0 spiro atoms. The highest BCUT2D eigenvalue weighted by atomic mass is 32.2. The van der Waals surface area contributed by atoms with E-state index in [9.17, 15) is 0 Å². The number of fused-ring (bicyclic) bond motifs is 3. The number of piperidine rings is 1. The van der Waals surface area contributed by atoms with Crippen LogP contribution in [0.15, 0.2) is 0 Å². The summed E-state index contributed by atoms with van der Waals surface area (Å²) in [4.78, 5) is 2.86. The Morgan fingerprint density at radius 3 is 2.80 bits per heavy atom. The lowest BCUT2D eigenvalue weighted by atomic mass is 9.82. The Bertz CT molecular complexity index is 251. The van der Waals surface area contributed by atoms with Gasteiger partial charge < -0.3 is 0 Å². The van der Waals surface area contributed by atoms with Crippen LogP contribution in [0.4, 0.5) is 0 Å². The Hall–Kier alpha value is 0.310. The molecule has 0 radical (unpaired) electrons. The van der Waals surface area contributed by atoms with E-state index in [0.717, 1.165) is 16.7 Å². The highest BCUT2D eigenvalue weighted by Gasteiger charge is 2.49. The Morgan fingerprint density at radius 1 is 1.13 bits per heavy atom. The first-order valence-corrected chi connectivity index (χ1v) is 7.54. The van der Waals surface area contributed by atoms with Crippen LogP contribution in [0.25, 0.3) is 0 Å². The van der Waals surface area contributed by atoms with Crippen molar-refractivity contribution in [1.82, 2.24) is 4.90 Å². The molecule has 0 bridgehead atoms. The standard InChI is InChI=1S/C13H23NS/c1-13(2)8-5-9-14-10-6-3-4-7-11(10)15-12(13)14/h10-12H,3-9H2,1-2H3. The second-order valence-electron chi connectivity index (χ2n) is 6.21. The molecule has 15 heavy (non-hydrogen) atoms. The number of rotatable bonds is 0. The summed E-state index contributed by atoms with van der Waals surface area (Å²) >= 11 is 2.31. The summed E-state index contributed by atoms with van der Waals surface area (Å²) in [6.45, 7) is 6.34. The zero-order chi connectivity index (χ0) is 10.5. The number of nitrogens with zero attached hydrogens (tertiary/aromatic N) is 1. The average molecular weight is 225 g/mol. The van der Waals surface area contributed by atoms with E-state index < -0.39 is 0 Å². The van der Waals surface area contributed by atoms with Crippen molar-refractivity contribution in [2.45, 2.75) is 69.0 Å². The molecule has 1 aliphatic carbocycles. The van der Waals surface area contributed by atoms with Gasteiger partial charge in [0.15, 0.2) is 0 Å². The first-order valence-electron chi connectivity index (χ1n) is 6.60. The largest absolute Gasteiger partial charge is 0.287 e. The summed E-state index contributed by atoms with van der Waals surface area (Å²) in [5.41, 5.74) is 0.556. The fourth-order valence-electron chi connectivity index (χ4n) is 3.79. The lowest BCUT2D eigenvalue weighted by Gasteiger charge is -2.44. The van der Waals surface area contributed by atoms with E-state index >= 15 is 0 Å². The maximum atomic E-state index is 2.86. The van der Waals surface area contributed by atoms with Crippen LogP contribution in [0, 0.1) is 5.41 Å². The van der Waals surface area contributed by atoms with Crippen molar-refractivity contribution in [2.24, 2.45) is 5.41 Å². The Morgan fingerprint density at radius 2 is 1.93 bits per heavy atom. The normalized spacial score (nSPS) is 44.8. The minimum absolute atomic E-state index is 0.556. The number of hydrogen-bond donors (Lipinski definition) is 0. The van der Waals surface area contributed by atoms with Crippen LogP contribution >= 0.6 is 11.8 Å². The van der Waals surface area contributed by atoms with Crippen LogP contribution in [0.1, 0.15) is 52.4 Å². The van der Waals surface area contributed by atoms with Gasteiger partial charge in [0.1, 0.15) is 0 Å². The molecule has 3 aliphatic rings. The van der Waals surface area contributed by atoms with Crippen molar-refractivity contribution in [2.75, 3.05) is 6.54 Å². The van der Waals surface area contributed by atoms with Gasteiger partial charge in [-0.25, -0.2) is 0 Å². The van der Waals surface area contributed by atoms with E-state index in [1.807, 2.05) is 0 Å². The second-order valence-corrected chi connectivity index (χ2v) is 7.53. The fraction of sp³-hybridized carbons (Fsp3) is 1.00. The minimum atomic E-state index is 0.556. The molecule has 1 saturated carbocycles. The smallest absolute Gasteiger partial charge is 0.0615 e. The van der Waals surface area contributed by atoms with Crippen molar-refractivity contribution in [3.63, 3.8) is 0 Å². The predicted molar refractivity (Wildman–Crippen MR) is 67.1 cm³/mol. The maximum Gasteiger partial charge on any atom is 0.0615 e. The summed E-state index contributed by atoms with van der Waals surface area (Å²) in [6, 6.07) is 0.938. The predicted octanol–water partition coefficient (Wildman–Crippen LogP) is 3.49. The molecule has 2 heterocycles. The Labute approximate surface area is 98.0 Å².